The van der Waals surface area contributed by atoms with Crippen LogP contribution in [0.15, 0.2) is 24.3 Å². The van der Waals surface area contributed by atoms with Crippen LogP contribution in [0.25, 0.3) is 5.69 Å². The first kappa shape index (κ1) is 16.7. The Morgan fingerprint density at radius 2 is 1.83 bits per heavy atom. The monoisotopic (exact) mass is 329 g/mol. The van der Waals surface area contributed by atoms with E-state index in [1.54, 1.807) is 16.8 Å². The van der Waals surface area contributed by atoms with Crippen LogP contribution in [0, 0.1) is 18.7 Å². The Morgan fingerprint density at radius 1 is 1.21 bits per heavy atom. The molecule has 1 fully saturated rings. The van der Waals surface area contributed by atoms with E-state index >= 15 is 0 Å². The van der Waals surface area contributed by atoms with Gasteiger partial charge in [0.15, 0.2) is 0 Å². The van der Waals surface area contributed by atoms with Gasteiger partial charge in [0.1, 0.15) is 5.82 Å². The molecule has 0 saturated carbocycles. The Bertz CT molecular complexity index is 728. The molecule has 1 amide bonds. The second-order valence-corrected chi connectivity index (χ2v) is 6.89. The largest absolute Gasteiger partial charge is 0.339 e. The summed E-state index contributed by atoms with van der Waals surface area (Å²) in [4.78, 5) is 14.9. The first-order chi connectivity index (χ1) is 11.5. The molecular weight excluding hydrogens is 305 g/mol. The SMILES string of the molecule is Cc1c(C(=O)N2CCCC2)c(CC(C)C)nn1-c1ccc(F)cc1. The molecule has 128 valence electrons. The molecule has 1 aliphatic heterocycles. The van der Waals surface area contributed by atoms with Crippen molar-refractivity contribution in [3.05, 3.63) is 47.0 Å². The molecule has 0 spiro atoms. The van der Waals surface area contributed by atoms with Crippen LogP contribution in [0.5, 0.6) is 0 Å². The van der Waals surface area contributed by atoms with E-state index in [0.717, 1.165) is 55.0 Å². The molecule has 4 nitrogen and oxygen atoms in total. The normalized spacial score (nSPS) is 14.6. The zero-order valence-corrected chi connectivity index (χ0v) is 14.6. The number of aromatic nitrogens is 2. The Morgan fingerprint density at radius 3 is 2.42 bits per heavy atom. The Balaban J connectivity index is 2.05. The number of carbonyl (C=O) groups excluding carboxylic acids is 1. The summed E-state index contributed by atoms with van der Waals surface area (Å²) in [5.41, 5.74) is 3.16. The topological polar surface area (TPSA) is 38.1 Å². The number of rotatable bonds is 4. The van der Waals surface area contributed by atoms with E-state index in [2.05, 4.69) is 18.9 Å². The van der Waals surface area contributed by atoms with Crippen molar-refractivity contribution in [2.45, 2.75) is 40.0 Å². The first-order valence-corrected chi connectivity index (χ1v) is 8.61. The van der Waals surface area contributed by atoms with Gasteiger partial charge in [0.2, 0.25) is 0 Å². The van der Waals surface area contributed by atoms with Gasteiger partial charge in [0.25, 0.3) is 5.91 Å². The molecule has 2 aromatic rings. The van der Waals surface area contributed by atoms with Crippen molar-refractivity contribution in [1.29, 1.82) is 0 Å². The van der Waals surface area contributed by atoms with Gasteiger partial charge in [-0.3, -0.25) is 4.79 Å². The summed E-state index contributed by atoms with van der Waals surface area (Å²) in [6, 6.07) is 6.22. The lowest BCUT2D eigenvalue weighted by molar-refractivity contribution is 0.0791. The maximum Gasteiger partial charge on any atom is 0.257 e. The minimum absolute atomic E-state index is 0.0778. The molecule has 1 aliphatic rings. The number of nitrogens with zero attached hydrogens (tertiary/aromatic N) is 3. The summed E-state index contributed by atoms with van der Waals surface area (Å²) in [6.45, 7) is 7.80. The Kier molecular flexibility index (Phi) is 4.69. The molecule has 1 saturated heterocycles. The van der Waals surface area contributed by atoms with Crippen molar-refractivity contribution < 1.29 is 9.18 Å². The molecular formula is C19H24FN3O. The molecule has 0 aliphatic carbocycles. The predicted octanol–water partition coefficient (Wildman–Crippen LogP) is 3.75. The molecule has 24 heavy (non-hydrogen) atoms. The van der Waals surface area contributed by atoms with E-state index in [9.17, 15) is 9.18 Å². The molecule has 5 heteroatoms. The summed E-state index contributed by atoms with van der Waals surface area (Å²) in [5, 5.41) is 4.69. The third-order valence-corrected chi connectivity index (χ3v) is 4.47. The molecule has 0 bridgehead atoms. The van der Waals surface area contributed by atoms with Crippen LogP contribution in [-0.4, -0.2) is 33.7 Å². The van der Waals surface area contributed by atoms with Crippen molar-refractivity contribution in [2.75, 3.05) is 13.1 Å². The maximum atomic E-state index is 13.2. The lowest BCUT2D eigenvalue weighted by atomic mass is 10.0. The van der Waals surface area contributed by atoms with Gasteiger partial charge in [-0.2, -0.15) is 5.10 Å². The van der Waals surface area contributed by atoms with Crippen molar-refractivity contribution in [2.24, 2.45) is 5.92 Å². The van der Waals surface area contributed by atoms with Crippen LogP contribution in [-0.2, 0) is 6.42 Å². The highest BCUT2D eigenvalue weighted by Gasteiger charge is 2.27. The smallest absolute Gasteiger partial charge is 0.257 e. The highest BCUT2D eigenvalue weighted by atomic mass is 19.1. The quantitative estimate of drug-likeness (QED) is 0.857. The lowest BCUT2D eigenvalue weighted by Gasteiger charge is -2.16. The minimum atomic E-state index is -0.278. The van der Waals surface area contributed by atoms with Crippen LogP contribution in [0.1, 0.15) is 48.4 Å². The fraction of sp³-hybridized carbons (Fsp3) is 0.474. The summed E-state index contributed by atoms with van der Waals surface area (Å²) in [6.07, 6.45) is 2.89. The Labute approximate surface area is 142 Å². The Hall–Kier alpha value is -2.17. The molecule has 1 aromatic carbocycles. The first-order valence-electron chi connectivity index (χ1n) is 8.61. The maximum absolute atomic E-state index is 13.2. The van der Waals surface area contributed by atoms with Crippen molar-refractivity contribution in [3.63, 3.8) is 0 Å². The van der Waals surface area contributed by atoms with Crippen molar-refractivity contribution >= 4 is 5.91 Å². The molecule has 3 rings (SSSR count). The van der Waals surface area contributed by atoms with Gasteiger partial charge in [-0.25, -0.2) is 9.07 Å². The highest BCUT2D eigenvalue weighted by Crippen LogP contribution is 2.24. The van der Waals surface area contributed by atoms with Gasteiger partial charge in [-0.05, 0) is 56.4 Å². The summed E-state index contributed by atoms with van der Waals surface area (Å²) in [7, 11) is 0. The number of benzene rings is 1. The van der Waals surface area contributed by atoms with Gasteiger partial charge < -0.3 is 4.90 Å². The number of amides is 1. The number of halogens is 1. The molecule has 0 N–H and O–H groups in total. The minimum Gasteiger partial charge on any atom is -0.339 e. The molecule has 0 atom stereocenters. The van der Waals surface area contributed by atoms with Crippen LogP contribution in [0.4, 0.5) is 4.39 Å². The van der Waals surface area contributed by atoms with Gasteiger partial charge >= 0.3 is 0 Å². The van der Waals surface area contributed by atoms with Gasteiger partial charge in [-0.1, -0.05) is 13.8 Å². The summed E-state index contributed by atoms with van der Waals surface area (Å²) in [5.74, 6) is 0.208. The predicted molar refractivity (Wildman–Crippen MR) is 91.9 cm³/mol. The van der Waals surface area contributed by atoms with E-state index in [1.165, 1.54) is 12.1 Å². The molecule has 0 radical (unpaired) electrons. The number of likely N-dealkylation sites (tertiary alicyclic amines) is 1. The van der Waals surface area contributed by atoms with Crippen molar-refractivity contribution in [3.8, 4) is 5.69 Å². The standard InChI is InChI=1S/C19H24FN3O/c1-13(2)12-17-18(19(24)22-10-4-5-11-22)14(3)23(21-17)16-8-6-15(20)7-9-16/h6-9,13H,4-5,10-12H2,1-3H3. The van der Waals surface area contributed by atoms with Crippen LogP contribution >= 0.6 is 0 Å². The fourth-order valence-electron chi connectivity index (χ4n) is 3.28. The van der Waals surface area contributed by atoms with E-state index in [0.29, 0.717) is 5.92 Å². The van der Waals surface area contributed by atoms with Crippen LogP contribution < -0.4 is 0 Å². The summed E-state index contributed by atoms with van der Waals surface area (Å²) >= 11 is 0. The van der Waals surface area contributed by atoms with E-state index in [1.807, 2.05) is 11.8 Å². The van der Waals surface area contributed by atoms with Crippen LogP contribution in [0.3, 0.4) is 0 Å². The third-order valence-electron chi connectivity index (χ3n) is 4.47. The lowest BCUT2D eigenvalue weighted by Crippen LogP contribution is -2.29. The fourth-order valence-corrected chi connectivity index (χ4v) is 3.28. The van der Waals surface area contributed by atoms with Crippen LogP contribution in [0.2, 0.25) is 0 Å². The average Bonchev–Trinajstić information content (AvgIpc) is 3.16. The zero-order valence-electron chi connectivity index (χ0n) is 14.6. The van der Waals surface area contributed by atoms with Gasteiger partial charge in [0.05, 0.1) is 22.6 Å². The number of hydrogen-bond acceptors (Lipinski definition) is 2. The van der Waals surface area contributed by atoms with E-state index in [-0.39, 0.29) is 11.7 Å². The second-order valence-electron chi connectivity index (χ2n) is 6.89. The highest BCUT2D eigenvalue weighted by molar-refractivity contribution is 5.96. The summed E-state index contributed by atoms with van der Waals surface area (Å²) < 4.78 is 15.0. The molecule has 2 heterocycles. The van der Waals surface area contributed by atoms with Crippen molar-refractivity contribution in [1.82, 2.24) is 14.7 Å². The third kappa shape index (κ3) is 3.21. The van der Waals surface area contributed by atoms with Gasteiger partial charge in [0, 0.05) is 13.1 Å². The van der Waals surface area contributed by atoms with E-state index < -0.39 is 0 Å². The van der Waals surface area contributed by atoms with E-state index in [4.69, 9.17) is 0 Å². The van der Waals surface area contributed by atoms with Gasteiger partial charge in [-0.15, -0.1) is 0 Å². The average molecular weight is 329 g/mol. The molecule has 0 unspecified atom stereocenters. The number of carbonyl (C=O) groups is 1. The molecule has 1 aromatic heterocycles. The second kappa shape index (κ2) is 6.75. The zero-order chi connectivity index (χ0) is 17.3. The number of hydrogen-bond donors (Lipinski definition) is 0.